The van der Waals surface area contributed by atoms with Crippen LogP contribution in [0.3, 0.4) is 0 Å². The van der Waals surface area contributed by atoms with Gasteiger partial charge >= 0.3 is 0 Å². The highest BCUT2D eigenvalue weighted by molar-refractivity contribution is 6.08. The Labute approximate surface area is 105 Å². The molecule has 0 radical (unpaired) electrons. The van der Waals surface area contributed by atoms with Crippen molar-refractivity contribution < 1.29 is 9.59 Å². The Hall–Kier alpha value is -2.22. The molecule has 2 nitrogen and oxygen atoms in total. The van der Waals surface area contributed by atoms with Gasteiger partial charge in [-0.05, 0) is 48.2 Å². The molecule has 0 aliphatic heterocycles. The molecule has 1 aliphatic carbocycles. The first-order valence-corrected chi connectivity index (χ1v) is 5.88. The van der Waals surface area contributed by atoms with Crippen LogP contribution in [-0.4, -0.2) is 11.6 Å². The van der Waals surface area contributed by atoms with E-state index in [2.05, 4.69) is 0 Å². The average Bonchev–Trinajstić information content (AvgIpc) is 2.34. The number of rotatable bonds is 2. The summed E-state index contributed by atoms with van der Waals surface area (Å²) >= 11 is 0. The van der Waals surface area contributed by atoms with Gasteiger partial charge in [0.1, 0.15) is 0 Å². The molecule has 1 aliphatic rings. The summed E-state index contributed by atoms with van der Waals surface area (Å²) in [4.78, 5) is 22.7. The SMILES string of the molecule is CC(=O)c1ccc2c(c1)-c1ccc(C(C)=O)cc1-2. The summed E-state index contributed by atoms with van der Waals surface area (Å²) in [5, 5.41) is 0. The van der Waals surface area contributed by atoms with E-state index >= 15 is 0 Å². The van der Waals surface area contributed by atoms with E-state index < -0.39 is 0 Å². The van der Waals surface area contributed by atoms with Gasteiger partial charge in [-0.3, -0.25) is 9.59 Å². The number of ketones is 2. The van der Waals surface area contributed by atoms with Gasteiger partial charge in [-0.15, -0.1) is 0 Å². The minimum absolute atomic E-state index is 0.0756. The monoisotopic (exact) mass is 236 g/mol. The van der Waals surface area contributed by atoms with Crippen molar-refractivity contribution in [2.45, 2.75) is 13.8 Å². The predicted octanol–water partition coefficient (Wildman–Crippen LogP) is 3.74. The zero-order valence-electron chi connectivity index (χ0n) is 10.3. The van der Waals surface area contributed by atoms with Gasteiger partial charge < -0.3 is 0 Å². The predicted molar refractivity (Wildman–Crippen MR) is 70.9 cm³/mol. The second kappa shape index (κ2) is 3.64. The van der Waals surface area contributed by atoms with Crippen LogP contribution in [0.1, 0.15) is 34.6 Å². The molecule has 0 aromatic heterocycles. The third kappa shape index (κ3) is 1.42. The van der Waals surface area contributed by atoms with Crippen molar-refractivity contribution in [1.29, 1.82) is 0 Å². The Bertz CT molecular complexity index is 620. The minimum Gasteiger partial charge on any atom is -0.295 e. The van der Waals surface area contributed by atoms with Gasteiger partial charge in [0.05, 0.1) is 0 Å². The van der Waals surface area contributed by atoms with Crippen molar-refractivity contribution in [3.8, 4) is 22.3 Å². The van der Waals surface area contributed by atoms with Gasteiger partial charge in [-0.2, -0.15) is 0 Å². The van der Waals surface area contributed by atoms with Crippen molar-refractivity contribution >= 4 is 11.6 Å². The molecular weight excluding hydrogens is 224 g/mol. The zero-order chi connectivity index (χ0) is 12.9. The smallest absolute Gasteiger partial charge is 0.159 e. The lowest BCUT2D eigenvalue weighted by Crippen LogP contribution is -2.04. The topological polar surface area (TPSA) is 34.1 Å². The third-order valence-electron chi connectivity index (χ3n) is 3.43. The molecule has 0 bridgehead atoms. The van der Waals surface area contributed by atoms with Crippen molar-refractivity contribution in [3.63, 3.8) is 0 Å². The van der Waals surface area contributed by atoms with Crippen LogP contribution in [0.2, 0.25) is 0 Å². The van der Waals surface area contributed by atoms with Crippen LogP contribution in [0.4, 0.5) is 0 Å². The average molecular weight is 236 g/mol. The first-order chi connectivity index (χ1) is 8.58. The molecule has 0 atom stereocenters. The lowest BCUT2D eigenvalue weighted by atomic mass is 9.78. The van der Waals surface area contributed by atoms with E-state index in [1.165, 1.54) is 0 Å². The van der Waals surface area contributed by atoms with Crippen molar-refractivity contribution in [2.75, 3.05) is 0 Å². The van der Waals surface area contributed by atoms with Crippen LogP contribution in [0.5, 0.6) is 0 Å². The summed E-state index contributed by atoms with van der Waals surface area (Å²) in [7, 11) is 0. The Morgan fingerprint density at radius 3 is 1.39 bits per heavy atom. The summed E-state index contributed by atoms with van der Waals surface area (Å²) in [6.07, 6.45) is 0. The van der Waals surface area contributed by atoms with Gasteiger partial charge in [-0.1, -0.05) is 24.3 Å². The lowest BCUT2D eigenvalue weighted by Gasteiger charge is -2.24. The third-order valence-corrected chi connectivity index (χ3v) is 3.43. The first-order valence-electron chi connectivity index (χ1n) is 5.88. The summed E-state index contributed by atoms with van der Waals surface area (Å²) < 4.78 is 0. The number of Topliss-reactive ketones (excluding diaryl/α,β-unsaturated/α-hetero) is 2. The fourth-order valence-corrected chi connectivity index (χ4v) is 2.38. The second-order valence-electron chi connectivity index (χ2n) is 4.63. The van der Waals surface area contributed by atoms with Crippen LogP contribution in [0.15, 0.2) is 36.4 Å². The number of hydrogen-bond donors (Lipinski definition) is 0. The molecule has 0 fully saturated rings. The van der Waals surface area contributed by atoms with Crippen molar-refractivity contribution in [1.82, 2.24) is 0 Å². The van der Waals surface area contributed by atoms with Crippen molar-refractivity contribution in [2.24, 2.45) is 0 Å². The quantitative estimate of drug-likeness (QED) is 0.635. The van der Waals surface area contributed by atoms with E-state index in [1.54, 1.807) is 13.8 Å². The molecule has 0 amide bonds. The summed E-state index contributed by atoms with van der Waals surface area (Å²) in [5.74, 6) is 0.151. The van der Waals surface area contributed by atoms with E-state index in [4.69, 9.17) is 0 Å². The molecule has 0 N–H and O–H groups in total. The van der Waals surface area contributed by atoms with Gasteiger partial charge in [0.2, 0.25) is 0 Å². The van der Waals surface area contributed by atoms with Gasteiger partial charge in [-0.25, -0.2) is 0 Å². The molecule has 0 saturated carbocycles. The largest absolute Gasteiger partial charge is 0.295 e. The highest BCUT2D eigenvalue weighted by Gasteiger charge is 2.23. The van der Waals surface area contributed by atoms with E-state index in [0.717, 1.165) is 33.4 Å². The molecule has 18 heavy (non-hydrogen) atoms. The molecule has 2 aromatic carbocycles. The fraction of sp³-hybridized carbons (Fsp3) is 0.125. The normalized spacial score (nSPS) is 11.2. The Balaban J connectivity index is 2.11. The molecule has 0 saturated heterocycles. The number of benzene rings is 2. The van der Waals surface area contributed by atoms with E-state index in [-0.39, 0.29) is 11.6 Å². The van der Waals surface area contributed by atoms with Crippen LogP contribution in [-0.2, 0) is 0 Å². The molecule has 0 unspecified atom stereocenters. The maximum absolute atomic E-state index is 11.3. The molecule has 0 spiro atoms. The van der Waals surface area contributed by atoms with Gasteiger partial charge in [0, 0.05) is 11.1 Å². The lowest BCUT2D eigenvalue weighted by molar-refractivity contribution is 0.100. The fourth-order valence-electron chi connectivity index (χ4n) is 2.38. The maximum Gasteiger partial charge on any atom is 0.159 e. The second-order valence-corrected chi connectivity index (χ2v) is 4.63. The van der Waals surface area contributed by atoms with Crippen LogP contribution >= 0.6 is 0 Å². The zero-order valence-corrected chi connectivity index (χ0v) is 10.3. The summed E-state index contributed by atoms with van der Waals surface area (Å²) in [6, 6.07) is 11.4. The standard InChI is InChI=1S/C16H12O2/c1-9(17)11-3-5-13-15(7-11)14-6-4-12(10(2)18)8-16(13)14/h3-8H,1-2H3. The molecule has 2 heteroatoms. The Kier molecular flexibility index (Phi) is 2.20. The van der Waals surface area contributed by atoms with Crippen LogP contribution in [0, 0.1) is 0 Å². The molecule has 0 heterocycles. The molecule has 2 aromatic rings. The Morgan fingerprint density at radius 1 is 0.667 bits per heavy atom. The number of carbonyl (C=O) groups is 2. The van der Waals surface area contributed by atoms with Gasteiger partial charge in [0.15, 0.2) is 11.6 Å². The number of fused-ring (bicyclic) bond motifs is 4. The molecule has 3 rings (SSSR count). The maximum atomic E-state index is 11.3. The first kappa shape index (κ1) is 10.9. The summed E-state index contributed by atoms with van der Waals surface area (Å²) in [5.41, 5.74) is 5.92. The van der Waals surface area contributed by atoms with E-state index in [0.29, 0.717) is 0 Å². The van der Waals surface area contributed by atoms with Crippen molar-refractivity contribution in [3.05, 3.63) is 47.5 Å². The molecule has 88 valence electrons. The Morgan fingerprint density at radius 2 is 1.06 bits per heavy atom. The van der Waals surface area contributed by atoms with Gasteiger partial charge in [0.25, 0.3) is 0 Å². The molecular formula is C16H12O2. The van der Waals surface area contributed by atoms with E-state index in [9.17, 15) is 9.59 Å². The number of carbonyl (C=O) groups excluding carboxylic acids is 2. The highest BCUT2D eigenvalue weighted by atomic mass is 16.1. The highest BCUT2D eigenvalue weighted by Crippen LogP contribution is 2.47. The minimum atomic E-state index is 0.0756. The van der Waals surface area contributed by atoms with E-state index in [1.807, 2.05) is 36.4 Å². The number of hydrogen-bond acceptors (Lipinski definition) is 2. The summed E-state index contributed by atoms with van der Waals surface area (Å²) in [6.45, 7) is 3.14. The van der Waals surface area contributed by atoms with Crippen LogP contribution < -0.4 is 0 Å². The van der Waals surface area contributed by atoms with Crippen LogP contribution in [0.25, 0.3) is 22.3 Å².